The number of Topliss-reactive ketones (excluding diaryl/α,β-unsaturated/α-hetero) is 1. The van der Waals surface area contributed by atoms with Gasteiger partial charge in [-0.1, -0.05) is 26.7 Å². The van der Waals surface area contributed by atoms with E-state index in [1.54, 1.807) is 0 Å². The van der Waals surface area contributed by atoms with Gasteiger partial charge in [0.1, 0.15) is 0 Å². The lowest BCUT2D eigenvalue weighted by Crippen LogP contribution is -2.32. The molecule has 1 heterocycles. The summed E-state index contributed by atoms with van der Waals surface area (Å²) in [6.45, 7) is 6.64. The molecule has 3 heteroatoms. The van der Waals surface area contributed by atoms with Crippen molar-refractivity contribution in [1.29, 1.82) is 0 Å². The molecule has 2 atom stereocenters. The van der Waals surface area contributed by atoms with E-state index in [1.807, 2.05) is 11.8 Å². The van der Waals surface area contributed by atoms with Crippen molar-refractivity contribution in [2.75, 3.05) is 6.26 Å². The summed E-state index contributed by atoms with van der Waals surface area (Å²) in [5.41, 5.74) is 3.73. The summed E-state index contributed by atoms with van der Waals surface area (Å²) in [6, 6.07) is 2.73. The van der Waals surface area contributed by atoms with Crippen LogP contribution in [0, 0.1) is 12.3 Å². The molecule has 1 aromatic rings. The summed E-state index contributed by atoms with van der Waals surface area (Å²) in [7, 11) is 0. The van der Waals surface area contributed by atoms with Crippen molar-refractivity contribution in [1.82, 2.24) is 4.57 Å². The van der Waals surface area contributed by atoms with E-state index in [-0.39, 0.29) is 5.41 Å². The molecule has 0 radical (unpaired) electrons. The summed E-state index contributed by atoms with van der Waals surface area (Å²) in [6.07, 6.45) is 9.24. The van der Waals surface area contributed by atoms with Crippen molar-refractivity contribution in [2.45, 2.75) is 70.6 Å². The maximum atomic E-state index is 12.5. The van der Waals surface area contributed by atoms with Crippen LogP contribution in [0.4, 0.5) is 0 Å². The van der Waals surface area contributed by atoms with Crippen molar-refractivity contribution in [3.63, 3.8) is 0 Å². The molecule has 21 heavy (non-hydrogen) atoms. The van der Waals surface area contributed by atoms with Crippen LogP contribution < -0.4 is 0 Å². The fraction of sp³-hybridized carbons (Fsp3) is 0.722. The number of rotatable bonds is 2. The molecule has 2 aliphatic rings. The molecule has 2 nitrogen and oxygen atoms in total. The maximum absolute atomic E-state index is 12.5. The number of carbonyl (C=O) groups is 1. The van der Waals surface area contributed by atoms with E-state index in [0.717, 1.165) is 12.0 Å². The first kappa shape index (κ1) is 15.2. The standard InChI is InChI=1S/C18H27NOS/c1-12-9-13-15(10-18(2,3)11-16(13)20)19(12)14-7-5-6-8-17(14)21-4/h9,14,17H,5-8,10-11H2,1-4H3. The van der Waals surface area contributed by atoms with Gasteiger partial charge >= 0.3 is 0 Å². The molecule has 2 unspecified atom stereocenters. The second-order valence-electron chi connectivity index (χ2n) is 7.58. The minimum Gasteiger partial charge on any atom is -0.344 e. The van der Waals surface area contributed by atoms with E-state index in [0.29, 0.717) is 23.5 Å². The number of hydrogen-bond donors (Lipinski definition) is 0. The first-order chi connectivity index (χ1) is 9.93. The quantitative estimate of drug-likeness (QED) is 0.783. The number of aromatic nitrogens is 1. The molecule has 1 saturated carbocycles. The van der Waals surface area contributed by atoms with Gasteiger partial charge in [0.15, 0.2) is 5.78 Å². The zero-order valence-corrected chi connectivity index (χ0v) is 14.6. The fourth-order valence-corrected chi connectivity index (χ4v) is 5.26. The van der Waals surface area contributed by atoms with Crippen LogP contribution in [0.2, 0.25) is 0 Å². The number of nitrogens with zero attached hydrogens (tertiary/aromatic N) is 1. The van der Waals surface area contributed by atoms with Crippen LogP contribution in [0.3, 0.4) is 0 Å². The lowest BCUT2D eigenvalue weighted by molar-refractivity contribution is 0.0909. The highest BCUT2D eigenvalue weighted by atomic mass is 32.2. The van der Waals surface area contributed by atoms with E-state index < -0.39 is 0 Å². The Kier molecular flexibility index (Phi) is 3.98. The van der Waals surface area contributed by atoms with Gasteiger partial charge in [0.05, 0.1) is 0 Å². The molecule has 0 saturated heterocycles. The molecule has 2 aliphatic carbocycles. The highest BCUT2D eigenvalue weighted by Gasteiger charge is 2.37. The van der Waals surface area contributed by atoms with E-state index in [2.05, 4.69) is 37.7 Å². The lowest BCUT2D eigenvalue weighted by atomic mass is 9.76. The summed E-state index contributed by atoms with van der Waals surface area (Å²) in [5.74, 6) is 0.347. The van der Waals surface area contributed by atoms with Gasteiger partial charge in [0.2, 0.25) is 0 Å². The Labute approximate surface area is 132 Å². The van der Waals surface area contributed by atoms with Crippen molar-refractivity contribution in [3.05, 3.63) is 23.0 Å². The second kappa shape index (κ2) is 5.49. The molecule has 0 aromatic carbocycles. The molecule has 116 valence electrons. The third kappa shape index (κ3) is 2.69. The van der Waals surface area contributed by atoms with Crippen LogP contribution in [-0.2, 0) is 6.42 Å². The predicted molar refractivity (Wildman–Crippen MR) is 90.4 cm³/mol. The number of ketones is 1. The highest BCUT2D eigenvalue weighted by Crippen LogP contribution is 2.42. The first-order valence-corrected chi connectivity index (χ1v) is 9.48. The van der Waals surface area contributed by atoms with Gasteiger partial charge < -0.3 is 4.57 Å². The molecule has 0 bridgehead atoms. The van der Waals surface area contributed by atoms with Crippen molar-refractivity contribution in [2.24, 2.45) is 5.41 Å². The van der Waals surface area contributed by atoms with Crippen LogP contribution in [-0.4, -0.2) is 21.9 Å². The second-order valence-corrected chi connectivity index (χ2v) is 8.66. The molecule has 3 rings (SSSR count). The predicted octanol–water partition coefficient (Wildman–Crippen LogP) is 4.80. The van der Waals surface area contributed by atoms with Crippen molar-refractivity contribution >= 4 is 17.5 Å². The van der Waals surface area contributed by atoms with Gasteiger partial charge in [-0.3, -0.25) is 4.79 Å². The van der Waals surface area contributed by atoms with Gasteiger partial charge in [-0.05, 0) is 43.9 Å². The van der Waals surface area contributed by atoms with E-state index in [1.165, 1.54) is 37.1 Å². The summed E-state index contributed by atoms with van der Waals surface area (Å²) < 4.78 is 2.54. The van der Waals surface area contributed by atoms with Crippen LogP contribution >= 0.6 is 11.8 Å². The number of thioether (sulfide) groups is 1. The Hall–Kier alpha value is -0.700. The minimum atomic E-state index is 0.107. The Morgan fingerprint density at radius 1 is 1.24 bits per heavy atom. The summed E-state index contributed by atoms with van der Waals surface area (Å²) >= 11 is 2.01. The Bertz CT molecular complexity index is 558. The molecule has 1 aromatic heterocycles. The fourth-order valence-electron chi connectivity index (χ4n) is 4.28. The van der Waals surface area contributed by atoms with Gasteiger partial charge in [-0.2, -0.15) is 11.8 Å². The largest absolute Gasteiger partial charge is 0.344 e. The Balaban J connectivity index is 2.05. The van der Waals surface area contributed by atoms with Gasteiger partial charge in [-0.15, -0.1) is 0 Å². The van der Waals surface area contributed by atoms with Gasteiger partial charge in [-0.25, -0.2) is 0 Å². The minimum absolute atomic E-state index is 0.107. The zero-order chi connectivity index (χ0) is 15.2. The normalized spacial score (nSPS) is 28.5. The topological polar surface area (TPSA) is 22.0 Å². The highest BCUT2D eigenvalue weighted by molar-refractivity contribution is 7.99. The van der Waals surface area contributed by atoms with Crippen molar-refractivity contribution in [3.8, 4) is 0 Å². The molecule has 0 amide bonds. The molecule has 0 aliphatic heterocycles. The van der Waals surface area contributed by atoms with Crippen molar-refractivity contribution < 1.29 is 4.79 Å². The summed E-state index contributed by atoms with van der Waals surface area (Å²) in [4.78, 5) is 12.5. The van der Waals surface area contributed by atoms with Crippen LogP contribution in [0.5, 0.6) is 0 Å². The Morgan fingerprint density at radius 3 is 2.67 bits per heavy atom. The molecule has 0 N–H and O–H groups in total. The zero-order valence-electron chi connectivity index (χ0n) is 13.7. The summed E-state index contributed by atoms with van der Waals surface area (Å²) in [5, 5.41) is 0.703. The van der Waals surface area contributed by atoms with Crippen LogP contribution in [0.25, 0.3) is 0 Å². The number of aryl methyl sites for hydroxylation is 1. The molecular formula is C18H27NOS. The molecule has 1 fully saturated rings. The van der Waals surface area contributed by atoms with Crippen LogP contribution in [0.1, 0.15) is 73.7 Å². The van der Waals surface area contributed by atoms with E-state index in [4.69, 9.17) is 0 Å². The smallest absolute Gasteiger partial charge is 0.165 e. The maximum Gasteiger partial charge on any atom is 0.165 e. The monoisotopic (exact) mass is 305 g/mol. The average molecular weight is 305 g/mol. The number of fused-ring (bicyclic) bond motifs is 1. The Morgan fingerprint density at radius 2 is 1.95 bits per heavy atom. The molecule has 0 spiro atoms. The van der Waals surface area contributed by atoms with E-state index in [9.17, 15) is 4.79 Å². The number of hydrogen-bond acceptors (Lipinski definition) is 2. The third-order valence-corrected chi connectivity index (χ3v) is 6.38. The van der Waals surface area contributed by atoms with Crippen LogP contribution in [0.15, 0.2) is 6.07 Å². The molecular weight excluding hydrogens is 278 g/mol. The van der Waals surface area contributed by atoms with Gasteiger partial charge in [0.25, 0.3) is 0 Å². The average Bonchev–Trinajstić information content (AvgIpc) is 2.74. The SMILES string of the molecule is CSC1CCCCC1n1c(C)cc2c1CC(C)(C)CC2=O. The van der Waals surface area contributed by atoms with E-state index >= 15 is 0 Å². The lowest BCUT2D eigenvalue weighted by Gasteiger charge is -2.36. The number of carbonyl (C=O) groups excluding carboxylic acids is 1. The first-order valence-electron chi connectivity index (χ1n) is 8.19. The van der Waals surface area contributed by atoms with Gasteiger partial charge in [0, 0.05) is 34.7 Å². The third-order valence-electron chi connectivity index (χ3n) is 5.22.